The fraction of sp³-hybridized carbons (Fsp3) is 0.571. The molecule has 0 bridgehead atoms. The summed E-state index contributed by atoms with van der Waals surface area (Å²) in [5.74, 6) is 0.617. The largest absolute Gasteiger partial charge is 0.324 e. The number of fused-ring (bicyclic) bond motifs is 1. The summed E-state index contributed by atoms with van der Waals surface area (Å²) in [5, 5.41) is 7.03. The van der Waals surface area contributed by atoms with E-state index in [0.29, 0.717) is 18.0 Å². The molecule has 2 fully saturated rings. The highest BCUT2D eigenvalue weighted by Crippen LogP contribution is 2.34. The SMILES string of the molecule is NC(c1ccccc1)C1CCC2NCNC2C1. The second-order valence-electron chi connectivity index (χ2n) is 5.31. The van der Waals surface area contributed by atoms with E-state index in [9.17, 15) is 0 Å². The van der Waals surface area contributed by atoms with Crippen molar-refractivity contribution in [1.82, 2.24) is 10.6 Å². The van der Waals surface area contributed by atoms with Crippen molar-refractivity contribution in [2.45, 2.75) is 37.4 Å². The van der Waals surface area contributed by atoms with E-state index in [1.807, 2.05) is 0 Å². The molecule has 4 unspecified atom stereocenters. The summed E-state index contributed by atoms with van der Waals surface area (Å²) in [7, 11) is 0. The Balaban J connectivity index is 1.69. The Bertz CT molecular complexity index is 365. The third-order valence-corrected chi connectivity index (χ3v) is 4.31. The molecular formula is C14H21N3. The van der Waals surface area contributed by atoms with Crippen LogP contribution in [0.3, 0.4) is 0 Å². The second-order valence-corrected chi connectivity index (χ2v) is 5.31. The number of hydrogen-bond donors (Lipinski definition) is 3. The van der Waals surface area contributed by atoms with Crippen LogP contribution in [-0.4, -0.2) is 18.8 Å². The predicted molar refractivity (Wildman–Crippen MR) is 69.4 cm³/mol. The van der Waals surface area contributed by atoms with Gasteiger partial charge in [0.1, 0.15) is 0 Å². The lowest BCUT2D eigenvalue weighted by atomic mass is 9.77. The molecule has 0 spiro atoms. The van der Waals surface area contributed by atoms with Gasteiger partial charge in [-0.25, -0.2) is 0 Å². The van der Waals surface area contributed by atoms with Crippen molar-refractivity contribution in [2.75, 3.05) is 6.67 Å². The van der Waals surface area contributed by atoms with E-state index >= 15 is 0 Å². The first kappa shape index (κ1) is 11.2. The molecule has 2 aliphatic rings. The minimum Gasteiger partial charge on any atom is -0.324 e. The van der Waals surface area contributed by atoms with Crippen LogP contribution in [0.1, 0.15) is 30.9 Å². The highest BCUT2D eigenvalue weighted by molar-refractivity contribution is 5.19. The average molecular weight is 231 g/mol. The normalized spacial score (nSPS) is 34.3. The van der Waals surface area contributed by atoms with Gasteiger partial charge < -0.3 is 16.4 Å². The first-order chi connectivity index (χ1) is 8.34. The van der Waals surface area contributed by atoms with Crippen LogP contribution < -0.4 is 16.4 Å². The van der Waals surface area contributed by atoms with Crippen LogP contribution in [0.2, 0.25) is 0 Å². The smallest absolute Gasteiger partial charge is 0.0459 e. The van der Waals surface area contributed by atoms with E-state index in [1.54, 1.807) is 0 Å². The Labute approximate surface area is 103 Å². The van der Waals surface area contributed by atoms with Crippen molar-refractivity contribution < 1.29 is 0 Å². The Hall–Kier alpha value is -0.900. The third kappa shape index (κ3) is 2.23. The zero-order chi connectivity index (χ0) is 11.7. The van der Waals surface area contributed by atoms with Gasteiger partial charge in [0, 0.05) is 24.8 Å². The van der Waals surface area contributed by atoms with Gasteiger partial charge in [-0.15, -0.1) is 0 Å². The van der Waals surface area contributed by atoms with Gasteiger partial charge in [0.2, 0.25) is 0 Å². The summed E-state index contributed by atoms with van der Waals surface area (Å²) in [5.41, 5.74) is 7.68. The Morgan fingerprint density at radius 2 is 1.82 bits per heavy atom. The van der Waals surface area contributed by atoms with Crippen molar-refractivity contribution in [1.29, 1.82) is 0 Å². The molecule has 92 valence electrons. The summed E-state index contributed by atoms with van der Waals surface area (Å²) in [6.07, 6.45) is 3.70. The summed E-state index contributed by atoms with van der Waals surface area (Å²) < 4.78 is 0. The average Bonchev–Trinajstić information content (AvgIpc) is 2.86. The van der Waals surface area contributed by atoms with E-state index in [0.717, 1.165) is 6.67 Å². The van der Waals surface area contributed by atoms with E-state index in [1.165, 1.54) is 24.8 Å². The van der Waals surface area contributed by atoms with Crippen molar-refractivity contribution in [3.8, 4) is 0 Å². The minimum absolute atomic E-state index is 0.194. The van der Waals surface area contributed by atoms with Crippen LogP contribution in [0, 0.1) is 5.92 Å². The second kappa shape index (κ2) is 4.77. The molecule has 0 radical (unpaired) electrons. The van der Waals surface area contributed by atoms with Gasteiger partial charge in [0.05, 0.1) is 0 Å². The molecule has 0 aromatic heterocycles. The lowest BCUT2D eigenvalue weighted by Gasteiger charge is -2.34. The van der Waals surface area contributed by atoms with Gasteiger partial charge in [-0.2, -0.15) is 0 Å². The van der Waals surface area contributed by atoms with E-state index in [2.05, 4.69) is 41.0 Å². The first-order valence-electron chi connectivity index (χ1n) is 6.62. The summed E-state index contributed by atoms with van der Waals surface area (Å²) in [4.78, 5) is 0. The summed E-state index contributed by atoms with van der Waals surface area (Å²) in [6, 6.07) is 12.0. The maximum Gasteiger partial charge on any atom is 0.0459 e. The minimum atomic E-state index is 0.194. The van der Waals surface area contributed by atoms with Crippen molar-refractivity contribution >= 4 is 0 Å². The molecule has 4 N–H and O–H groups in total. The molecule has 1 heterocycles. The Kier molecular flexibility index (Phi) is 3.14. The predicted octanol–water partition coefficient (Wildman–Crippen LogP) is 1.37. The van der Waals surface area contributed by atoms with Gasteiger partial charge in [0.15, 0.2) is 0 Å². The van der Waals surface area contributed by atoms with Gasteiger partial charge in [-0.3, -0.25) is 0 Å². The molecule has 1 saturated heterocycles. The molecule has 1 aliphatic heterocycles. The van der Waals surface area contributed by atoms with Crippen LogP contribution in [0.5, 0.6) is 0 Å². The molecule has 4 atom stereocenters. The lowest BCUT2D eigenvalue weighted by molar-refractivity contribution is 0.250. The van der Waals surface area contributed by atoms with Crippen LogP contribution in [0.15, 0.2) is 30.3 Å². The maximum absolute atomic E-state index is 6.40. The highest BCUT2D eigenvalue weighted by atomic mass is 15.2. The zero-order valence-corrected chi connectivity index (χ0v) is 10.1. The molecule has 0 amide bonds. The molecule has 1 aromatic carbocycles. The molecule has 3 heteroatoms. The van der Waals surface area contributed by atoms with Gasteiger partial charge in [-0.05, 0) is 30.7 Å². The van der Waals surface area contributed by atoms with Crippen molar-refractivity contribution in [3.05, 3.63) is 35.9 Å². The van der Waals surface area contributed by atoms with E-state index in [-0.39, 0.29) is 6.04 Å². The lowest BCUT2D eigenvalue weighted by Crippen LogP contribution is -2.42. The first-order valence-corrected chi connectivity index (χ1v) is 6.62. The molecule has 1 aromatic rings. The maximum atomic E-state index is 6.40. The summed E-state index contributed by atoms with van der Waals surface area (Å²) in [6.45, 7) is 0.961. The fourth-order valence-corrected chi connectivity index (χ4v) is 3.27. The molecule has 1 saturated carbocycles. The monoisotopic (exact) mass is 231 g/mol. The van der Waals surface area contributed by atoms with Crippen LogP contribution in [-0.2, 0) is 0 Å². The Morgan fingerprint density at radius 3 is 2.65 bits per heavy atom. The Morgan fingerprint density at radius 1 is 1.06 bits per heavy atom. The van der Waals surface area contributed by atoms with Gasteiger partial charge >= 0.3 is 0 Å². The van der Waals surface area contributed by atoms with Gasteiger partial charge in [0.25, 0.3) is 0 Å². The summed E-state index contributed by atoms with van der Waals surface area (Å²) >= 11 is 0. The van der Waals surface area contributed by atoms with Crippen molar-refractivity contribution in [2.24, 2.45) is 11.7 Å². The van der Waals surface area contributed by atoms with Gasteiger partial charge in [-0.1, -0.05) is 30.3 Å². The highest BCUT2D eigenvalue weighted by Gasteiger charge is 2.35. The topological polar surface area (TPSA) is 50.1 Å². The quantitative estimate of drug-likeness (QED) is 0.720. The molecule has 1 aliphatic carbocycles. The number of hydrogen-bond acceptors (Lipinski definition) is 3. The number of benzene rings is 1. The zero-order valence-electron chi connectivity index (χ0n) is 10.1. The number of rotatable bonds is 2. The number of nitrogens with one attached hydrogen (secondary N) is 2. The van der Waals surface area contributed by atoms with E-state index in [4.69, 9.17) is 5.73 Å². The van der Waals surface area contributed by atoms with Crippen LogP contribution in [0.25, 0.3) is 0 Å². The fourth-order valence-electron chi connectivity index (χ4n) is 3.27. The third-order valence-electron chi connectivity index (χ3n) is 4.31. The van der Waals surface area contributed by atoms with E-state index < -0.39 is 0 Å². The molecule has 3 rings (SSSR count). The van der Waals surface area contributed by atoms with Crippen molar-refractivity contribution in [3.63, 3.8) is 0 Å². The van der Waals surface area contributed by atoms with Crippen LogP contribution in [0.4, 0.5) is 0 Å². The molecule has 17 heavy (non-hydrogen) atoms. The standard InChI is InChI=1S/C14H21N3/c15-14(10-4-2-1-3-5-10)11-6-7-12-13(8-11)17-9-16-12/h1-5,11-14,16-17H,6-9,15H2. The van der Waals surface area contributed by atoms with Crippen LogP contribution >= 0.6 is 0 Å². The molecule has 3 nitrogen and oxygen atoms in total. The number of nitrogens with two attached hydrogens (primary N) is 1. The molecular weight excluding hydrogens is 210 g/mol.